The van der Waals surface area contributed by atoms with Crippen LogP contribution in [0.2, 0.25) is 0 Å². The maximum atomic E-state index is 13.2. The van der Waals surface area contributed by atoms with Crippen molar-refractivity contribution in [1.82, 2.24) is 5.32 Å². The lowest BCUT2D eigenvalue weighted by Crippen LogP contribution is -2.61. The minimum Gasteiger partial charge on any atom is -0.462 e. The van der Waals surface area contributed by atoms with Crippen molar-refractivity contribution < 1.29 is 9.53 Å². The van der Waals surface area contributed by atoms with Gasteiger partial charge < -0.3 is 15.8 Å². The molecule has 1 rings (SSSR count). The molecule has 4 heteroatoms. The lowest BCUT2D eigenvalue weighted by atomic mass is 9.65. The zero-order chi connectivity index (χ0) is 19.2. The first-order valence-electron chi connectivity index (χ1n) is 9.16. The predicted octanol–water partition coefficient (Wildman–Crippen LogP) is 4.02. The second-order valence-electron chi connectivity index (χ2n) is 11.1. The summed E-state index contributed by atoms with van der Waals surface area (Å²) in [6, 6.07) is 0. The Morgan fingerprint density at radius 2 is 1.46 bits per heavy atom. The fourth-order valence-electron chi connectivity index (χ4n) is 4.22. The SMILES string of the molecule is CC(C)(C)CC(C)(C(=O)OC1CC(C)(C)NC(C)(C)C1)C(C)(C)N. The molecular formula is C20H40N2O2. The summed E-state index contributed by atoms with van der Waals surface area (Å²) < 4.78 is 6.04. The van der Waals surface area contributed by atoms with E-state index in [-0.39, 0.29) is 28.6 Å². The average Bonchev–Trinajstić information content (AvgIpc) is 2.19. The molecule has 3 N–H and O–H groups in total. The third kappa shape index (κ3) is 5.45. The van der Waals surface area contributed by atoms with Gasteiger partial charge in [0.15, 0.2) is 0 Å². The van der Waals surface area contributed by atoms with Crippen molar-refractivity contribution in [3.8, 4) is 0 Å². The minimum atomic E-state index is -0.718. The van der Waals surface area contributed by atoms with Gasteiger partial charge in [-0.15, -0.1) is 0 Å². The molecule has 1 fully saturated rings. The second kappa shape index (κ2) is 6.28. The summed E-state index contributed by atoms with van der Waals surface area (Å²) >= 11 is 0. The summed E-state index contributed by atoms with van der Waals surface area (Å²) in [7, 11) is 0. The van der Waals surface area contributed by atoms with Crippen LogP contribution < -0.4 is 11.1 Å². The molecule has 4 nitrogen and oxygen atoms in total. The lowest BCUT2D eigenvalue weighted by Gasteiger charge is -2.48. The third-order valence-electron chi connectivity index (χ3n) is 5.18. The molecule has 1 heterocycles. The predicted molar refractivity (Wildman–Crippen MR) is 101 cm³/mol. The summed E-state index contributed by atoms with van der Waals surface area (Å²) in [6.45, 7) is 20.9. The van der Waals surface area contributed by atoms with Crippen molar-refractivity contribution >= 4 is 5.97 Å². The monoisotopic (exact) mass is 340 g/mol. The number of nitrogens with two attached hydrogens (primary N) is 1. The topological polar surface area (TPSA) is 64.3 Å². The van der Waals surface area contributed by atoms with Gasteiger partial charge in [-0.1, -0.05) is 20.8 Å². The highest BCUT2D eigenvalue weighted by atomic mass is 16.5. The average molecular weight is 341 g/mol. The molecule has 0 radical (unpaired) electrons. The van der Waals surface area contributed by atoms with Crippen LogP contribution in [0, 0.1) is 10.8 Å². The maximum absolute atomic E-state index is 13.2. The zero-order valence-corrected chi connectivity index (χ0v) is 17.6. The molecule has 0 aromatic carbocycles. The lowest BCUT2D eigenvalue weighted by molar-refractivity contribution is -0.170. The van der Waals surface area contributed by atoms with Gasteiger partial charge in [0.25, 0.3) is 0 Å². The molecule has 0 aromatic rings. The Balaban J connectivity index is 3.01. The van der Waals surface area contributed by atoms with E-state index in [4.69, 9.17) is 10.5 Å². The van der Waals surface area contributed by atoms with E-state index in [1.807, 2.05) is 20.8 Å². The number of piperidine rings is 1. The molecular weight excluding hydrogens is 300 g/mol. The van der Waals surface area contributed by atoms with Crippen LogP contribution in [0.5, 0.6) is 0 Å². The number of ether oxygens (including phenoxy) is 1. The highest BCUT2D eigenvalue weighted by Gasteiger charge is 2.50. The number of hydrogen-bond donors (Lipinski definition) is 2. The van der Waals surface area contributed by atoms with E-state index in [0.29, 0.717) is 6.42 Å². The number of carbonyl (C=O) groups is 1. The summed E-state index contributed by atoms with van der Waals surface area (Å²) in [5.74, 6) is -0.163. The van der Waals surface area contributed by atoms with E-state index < -0.39 is 11.0 Å². The van der Waals surface area contributed by atoms with Gasteiger partial charge in [0.2, 0.25) is 0 Å². The molecule has 0 aromatic heterocycles. The number of rotatable bonds is 4. The first kappa shape index (κ1) is 21.4. The Morgan fingerprint density at radius 1 is 1.04 bits per heavy atom. The van der Waals surface area contributed by atoms with Crippen LogP contribution in [0.3, 0.4) is 0 Å². The van der Waals surface area contributed by atoms with Gasteiger partial charge in [-0.2, -0.15) is 0 Å². The Kier molecular flexibility index (Phi) is 5.61. The quantitative estimate of drug-likeness (QED) is 0.759. The highest BCUT2D eigenvalue weighted by Crippen LogP contribution is 2.42. The van der Waals surface area contributed by atoms with Crippen LogP contribution in [0.15, 0.2) is 0 Å². The smallest absolute Gasteiger partial charge is 0.313 e. The van der Waals surface area contributed by atoms with E-state index in [1.54, 1.807) is 0 Å². The second-order valence-corrected chi connectivity index (χ2v) is 11.1. The first-order chi connectivity index (χ1) is 10.4. The summed E-state index contributed by atoms with van der Waals surface area (Å²) in [5, 5.41) is 3.63. The number of hydrogen-bond acceptors (Lipinski definition) is 4. The third-order valence-corrected chi connectivity index (χ3v) is 5.18. The molecule has 1 aliphatic heterocycles. The van der Waals surface area contributed by atoms with Gasteiger partial charge in [-0.3, -0.25) is 4.79 Å². The van der Waals surface area contributed by atoms with Gasteiger partial charge in [-0.25, -0.2) is 0 Å². The Hall–Kier alpha value is -0.610. The van der Waals surface area contributed by atoms with E-state index in [1.165, 1.54) is 0 Å². The van der Waals surface area contributed by atoms with Gasteiger partial charge in [0.05, 0.1) is 5.41 Å². The van der Waals surface area contributed by atoms with Crippen molar-refractivity contribution in [1.29, 1.82) is 0 Å². The molecule has 0 amide bonds. The van der Waals surface area contributed by atoms with Crippen molar-refractivity contribution in [2.75, 3.05) is 0 Å². The zero-order valence-electron chi connectivity index (χ0n) is 17.6. The van der Waals surface area contributed by atoms with Crippen LogP contribution in [0.25, 0.3) is 0 Å². The fraction of sp³-hybridized carbons (Fsp3) is 0.950. The fourth-order valence-corrected chi connectivity index (χ4v) is 4.22. The standard InChI is InChI=1S/C20H40N2O2/c1-16(2,3)13-20(10,19(8,9)21)15(23)24-14-11-17(4,5)22-18(6,7)12-14/h14,22H,11-13,21H2,1-10H3. The number of nitrogens with one attached hydrogen (secondary N) is 1. The molecule has 1 atom stereocenters. The van der Waals surface area contributed by atoms with Crippen LogP contribution >= 0.6 is 0 Å². The van der Waals surface area contributed by atoms with E-state index in [2.05, 4.69) is 53.8 Å². The van der Waals surface area contributed by atoms with Crippen molar-refractivity contribution in [2.24, 2.45) is 16.6 Å². The van der Waals surface area contributed by atoms with Gasteiger partial charge >= 0.3 is 5.97 Å². The van der Waals surface area contributed by atoms with Gasteiger partial charge in [0.1, 0.15) is 6.10 Å². The van der Waals surface area contributed by atoms with E-state index in [9.17, 15) is 4.79 Å². The van der Waals surface area contributed by atoms with Crippen LogP contribution in [0.1, 0.15) is 88.5 Å². The van der Waals surface area contributed by atoms with E-state index >= 15 is 0 Å². The Labute approximate surface area is 149 Å². The van der Waals surface area contributed by atoms with Gasteiger partial charge in [-0.05, 0) is 60.3 Å². The van der Waals surface area contributed by atoms with Gasteiger partial charge in [0, 0.05) is 29.5 Å². The number of carbonyl (C=O) groups excluding carboxylic acids is 1. The summed E-state index contributed by atoms with van der Waals surface area (Å²) in [6.07, 6.45) is 2.25. The maximum Gasteiger partial charge on any atom is 0.313 e. The molecule has 0 saturated carbocycles. The molecule has 0 spiro atoms. The van der Waals surface area contributed by atoms with Crippen LogP contribution in [0.4, 0.5) is 0 Å². The Bertz CT molecular complexity index is 453. The first-order valence-corrected chi connectivity index (χ1v) is 9.16. The highest BCUT2D eigenvalue weighted by molar-refractivity contribution is 5.78. The van der Waals surface area contributed by atoms with E-state index in [0.717, 1.165) is 12.8 Å². The molecule has 1 saturated heterocycles. The van der Waals surface area contributed by atoms with Crippen LogP contribution in [-0.2, 0) is 9.53 Å². The largest absolute Gasteiger partial charge is 0.462 e. The number of esters is 1. The van der Waals surface area contributed by atoms with Crippen LogP contribution in [-0.4, -0.2) is 28.7 Å². The molecule has 142 valence electrons. The van der Waals surface area contributed by atoms with Crippen molar-refractivity contribution in [3.63, 3.8) is 0 Å². The summed E-state index contributed by atoms with van der Waals surface area (Å²) in [5.41, 5.74) is 4.96. The molecule has 0 bridgehead atoms. The molecule has 1 unspecified atom stereocenters. The normalized spacial score (nSPS) is 24.3. The molecule has 24 heavy (non-hydrogen) atoms. The molecule has 1 aliphatic rings. The Morgan fingerprint density at radius 3 is 1.79 bits per heavy atom. The minimum absolute atomic E-state index is 0.00290. The molecule has 0 aliphatic carbocycles. The summed E-state index contributed by atoms with van der Waals surface area (Å²) in [4.78, 5) is 13.2. The van der Waals surface area contributed by atoms with Crippen molar-refractivity contribution in [2.45, 2.75) is 111 Å². The van der Waals surface area contributed by atoms with Crippen molar-refractivity contribution in [3.05, 3.63) is 0 Å².